The number of esters is 1. The summed E-state index contributed by atoms with van der Waals surface area (Å²) < 4.78 is 20.3. The second kappa shape index (κ2) is 17.0. The summed E-state index contributed by atoms with van der Waals surface area (Å²) >= 11 is 1.48. The van der Waals surface area contributed by atoms with E-state index >= 15 is 0 Å². The summed E-state index contributed by atoms with van der Waals surface area (Å²) in [5.74, 6) is -0.414. The summed E-state index contributed by atoms with van der Waals surface area (Å²) in [4.78, 5) is 51.4. The van der Waals surface area contributed by atoms with E-state index in [1.54, 1.807) is 13.3 Å². The Balaban J connectivity index is 1.40. The number of amides is 2. The van der Waals surface area contributed by atoms with E-state index in [9.17, 15) is 14.4 Å². The fourth-order valence-corrected chi connectivity index (χ4v) is 9.67. The van der Waals surface area contributed by atoms with Crippen molar-refractivity contribution in [3.8, 4) is 11.3 Å². The number of thiazole rings is 1. The summed E-state index contributed by atoms with van der Waals surface area (Å²) in [5, 5.41) is 8.42. The molecule has 12 nitrogen and oxygen atoms in total. The number of fused-ring (bicyclic) bond motifs is 6. The van der Waals surface area contributed by atoms with Gasteiger partial charge in [0.05, 0.1) is 34.8 Å². The van der Waals surface area contributed by atoms with Gasteiger partial charge in [-0.25, -0.2) is 10.4 Å². The van der Waals surface area contributed by atoms with Gasteiger partial charge in [0, 0.05) is 84.3 Å². The van der Waals surface area contributed by atoms with Crippen molar-refractivity contribution in [1.29, 1.82) is 0 Å². The summed E-state index contributed by atoms with van der Waals surface area (Å²) in [6.45, 7) is 18.5. The Hall–Kier alpha value is -4.17. The number of nitrogens with zero attached hydrogens (tertiary/aromatic N) is 4. The number of methoxy groups -OCH3 is 1. The molecule has 3 aliphatic heterocycles. The first-order chi connectivity index (χ1) is 27.3. The number of hydrazine groups is 1. The Labute approximate surface area is 340 Å². The van der Waals surface area contributed by atoms with Gasteiger partial charge in [-0.05, 0) is 75.5 Å². The first-order valence-electron chi connectivity index (χ1n) is 20.5. The number of carbonyl (C=O) groups is 3. The quantitative estimate of drug-likeness (QED) is 0.146. The predicted octanol–water partition coefficient (Wildman–Crippen LogP) is 6.69. The largest absolute Gasteiger partial charge is 0.464 e. The zero-order valence-corrected chi connectivity index (χ0v) is 35.2. The molecular formula is C44H58N6O6S. The molecule has 5 heterocycles. The molecule has 1 unspecified atom stereocenters. The van der Waals surface area contributed by atoms with E-state index < -0.39 is 23.5 Å². The van der Waals surface area contributed by atoms with Gasteiger partial charge in [-0.3, -0.25) is 24.4 Å². The van der Waals surface area contributed by atoms with E-state index in [0.29, 0.717) is 39.0 Å². The van der Waals surface area contributed by atoms with Crippen molar-refractivity contribution in [2.45, 2.75) is 104 Å². The lowest BCUT2D eigenvalue weighted by Gasteiger charge is -2.35. The molecule has 0 spiro atoms. The fraction of sp³-hybridized carbons (Fsp3) is 0.568. The second-order valence-electron chi connectivity index (χ2n) is 16.9. The smallest absolute Gasteiger partial charge is 0.324 e. The SMILES string of the molecule is C=C/C(=C(\N=CC)[C@H](C)OC)c1c2c3cc(ccc3n1C1CCOCC1)-c1csc(n1)C[C@H](NC(=O)C1[C@@H](C)[C@H]1C)C(=O)N1CCC[C@H](N1)C(=O)OCC(C)(C)C2. The Morgan fingerprint density at radius 3 is 2.63 bits per heavy atom. The monoisotopic (exact) mass is 798 g/mol. The van der Waals surface area contributed by atoms with Crippen molar-refractivity contribution >= 4 is 51.8 Å². The van der Waals surface area contributed by atoms with Gasteiger partial charge in [-0.1, -0.05) is 46.4 Å². The third kappa shape index (κ3) is 8.39. The van der Waals surface area contributed by atoms with Crippen LogP contribution >= 0.6 is 11.3 Å². The highest BCUT2D eigenvalue weighted by Crippen LogP contribution is 2.46. The molecule has 2 saturated heterocycles. The van der Waals surface area contributed by atoms with E-state index in [0.717, 1.165) is 62.5 Å². The van der Waals surface area contributed by atoms with Gasteiger partial charge in [-0.2, -0.15) is 0 Å². The average molecular weight is 799 g/mol. The molecule has 306 valence electrons. The summed E-state index contributed by atoms with van der Waals surface area (Å²) in [6.07, 6.45) is 7.05. The molecule has 7 rings (SSSR count). The van der Waals surface area contributed by atoms with E-state index in [4.69, 9.17) is 24.2 Å². The minimum atomic E-state index is -0.847. The molecule has 1 saturated carbocycles. The molecule has 2 amide bonds. The summed E-state index contributed by atoms with van der Waals surface area (Å²) in [5.41, 5.74) is 9.32. The third-order valence-corrected chi connectivity index (χ3v) is 13.2. The molecule has 6 bridgehead atoms. The predicted molar refractivity (Wildman–Crippen MR) is 224 cm³/mol. The number of cyclic esters (lactones) is 1. The Morgan fingerprint density at radius 2 is 1.95 bits per heavy atom. The standard InChI is InChI=1S/C44H58N6O6S/c1-9-30(39(45-10-2)27(5)54-8)40-32-22-44(6,7)24-56-43(53)33-12-11-17-49(48-33)42(52)34(47-41(51)38-25(3)26(38)4)21-37-46-35(23-57-37)28-13-14-36(31(32)20-28)50(40)29-15-18-55-19-16-29/h9-10,13-14,20,23,25-27,29,33-34,38,48H,1,11-12,15-19,21-22,24H2,2-8H3,(H,47,51)/b39-30+,45-10?/t25-,26+,27-,33-,34-,38?/m0/s1. The highest BCUT2D eigenvalue weighted by molar-refractivity contribution is 7.10. The van der Waals surface area contributed by atoms with Crippen LogP contribution in [0.25, 0.3) is 27.7 Å². The van der Waals surface area contributed by atoms with Crippen molar-refractivity contribution in [3.05, 3.63) is 58.2 Å². The maximum absolute atomic E-state index is 14.2. The van der Waals surface area contributed by atoms with Crippen LogP contribution in [-0.2, 0) is 41.4 Å². The van der Waals surface area contributed by atoms with Crippen molar-refractivity contribution in [1.82, 2.24) is 25.3 Å². The van der Waals surface area contributed by atoms with Gasteiger partial charge < -0.3 is 24.1 Å². The molecule has 3 fully saturated rings. The summed E-state index contributed by atoms with van der Waals surface area (Å²) in [6, 6.07) is 5.14. The van der Waals surface area contributed by atoms with Gasteiger partial charge in [0.25, 0.3) is 5.91 Å². The fourth-order valence-electron chi connectivity index (χ4n) is 8.82. The van der Waals surface area contributed by atoms with Gasteiger partial charge in [0.15, 0.2) is 0 Å². The van der Waals surface area contributed by atoms with Crippen LogP contribution in [0.3, 0.4) is 0 Å². The highest BCUT2D eigenvalue weighted by atomic mass is 32.1. The normalized spacial score (nSPS) is 26.8. The number of rotatable bonds is 8. The molecule has 2 N–H and O–H groups in total. The Morgan fingerprint density at radius 1 is 1.19 bits per heavy atom. The lowest BCUT2D eigenvalue weighted by Crippen LogP contribution is -2.60. The number of aromatic nitrogens is 2. The number of ether oxygens (including phenoxy) is 3. The lowest BCUT2D eigenvalue weighted by atomic mass is 9.84. The van der Waals surface area contributed by atoms with Crippen LogP contribution in [0.5, 0.6) is 0 Å². The number of benzene rings is 1. The molecule has 4 aliphatic rings. The van der Waals surface area contributed by atoms with E-state index in [-0.39, 0.29) is 54.7 Å². The van der Waals surface area contributed by atoms with Crippen LogP contribution in [0.1, 0.15) is 89.5 Å². The zero-order valence-electron chi connectivity index (χ0n) is 34.4. The molecule has 57 heavy (non-hydrogen) atoms. The molecule has 6 atom stereocenters. The zero-order chi connectivity index (χ0) is 40.6. The number of nitrogens with one attached hydrogen (secondary N) is 2. The van der Waals surface area contributed by atoms with Gasteiger partial charge >= 0.3 is 5.97 Å². The van der Waals surface area contributed by atoms with Crippen LogP contribution in [-0.4, -0.2) is 90.2 Å². The molecule has 2 aromatic heterocycles. The molecule has 3 aromatic rings. The Kier molecular flexibility index (Phi) is 12.2. The van der Waals surface area contributed by atoms with E-state index in [2.05, 4.69) is 67.8 Å². The van der Waals surface area contributed by atoms with Crippen LogP contribution in [0.2, 0.25) is 0 Å². The van der Waals surface area contributed by atoms with E-state index in [1.165, 1.54) is 16.3 Å². The average Bonchev–Trinajstić information content (AvgIpc) is 3.48. The van der Waals surface area contributed by atoms with Crippen molar-refractivity contribution in [3.63, 3.8) is 0 Å². The van der Waals surface area contributed by atoms with Gasteiger partial charge in [0.2, 0.25) is 5.91 Å². The molecule has 0 radical (unpaired) electrons. The van der Waals surface area contributed by atoms with Crippen LogP contribution in [0.4, 0.5) is 0 Å². The molecule has 1 aliphatic carbocycles. The number of carbonyl (C=O) groups excluding carboxylic acids is 3. The number of hydrogen-bond acceptors (Lipinski definition) is 10. The van der Waals surface area contributed by atoms with Crippen molar-refractivity contribution in [2.24, 2.45) is 28.2 Å². The van der Waals surface area contributed by atoms with Crippen LogP contribution in [0.15, 0.2) is 46.9 Å². The topological polar surface area (TPSA) is 136 Å². The Bertz CT molecular complexity index is 2070. The molecule has 1 aromatic carbocycles. The number of aliphatic imine (C=N–C) groups is 1. The highest BCUT2D eigenvalue weighted by Gasteiger charge is 2.49. The minimum absolute atomic E-state index is 0.120. The van der Waals surface area contributed by atoms with Crippen molar-refractivity contribution < 1.29 is 28.6 Å². The maximum Gasteiger partial charge on any atom is 0.324 e. The first kappa shape index (κ1) is 41.0. The summed E-state index contributed by atoms with van der Waals surface area (Å²) in [7, 11) is 1.69. The van der Waals surface area contributed by atoms with Gasteiger partial charge in [0.1, 0.15) is 12.1 Å². The lowest BCUT2D eigenvalue weighted by molar-refractivity contribution is -0.155. The number of hydrogen-bond donors (Lipinski definition) is 2. The molecule has 13 heteroatoms. The minimum Gasteiger partial charge on any atom is -0.464 e. The van der Waals surface area contributed by atoms with Crippen molar-refractivity contribution in [2.75, 3.05) is 33.5 Å². The third-order valence-electron chi connectivity index (χ3n) is 12.4. The van der Waals surface area contributed by atoms with E-state index in [1.807, 2.05) is 25.3 Å². The maximum atomic E-state index is 14.2. The van der Waals surface area contributed by atoms with Gasteiger partial charge in [-0.15, -0.1) is 11.3 Å². The second-order valence-corrected chi connectivity index (χ2v) is 17.9. The van der Waals surface area contributed by atoms with Crippen LogP contribution < -0.4 is 10.7 Å². The molecular weight excluding hydrogens is 741 g/mol. The first-order valence-corrected chi connectivity index (χ1v) is 21.4. The number of allylic oxidation sites excluding steroid dienone is 2. The van der Waals surface area contributed by atoms with Crippen LogP contribution in [0, 0.1) is 23.2 Å².